The van der Waals surface area contributed by atoms with Crippen LogP contribution in [-0.4, -0.2) is 27.0 Å². The lowest BCUT2D eigenvalue weighted by Crippen LogP contribution is -2.29. The van der Waals surface area contributed by atoms with E-state index in [1.807, 2.05) is 37.3 Å². The number of methoxy groups -OCH3 is 1. The third-order valence-electron chi connectivity index (χ3n) is 6.02. The molecule has 0 saturated carbocycles. The molecule has 0 aliphatic rings. The highest BCUT2D eigenvalue weighted by Gasteiger charge is 2.20. The van der Waals surface area contributed by atoms with Crippen molar-refractivity contribution in [1.29, 1.82) is 0 Å². The van der Waals surface area contributed by atoms with E-state index in [1.54, 1.807) is 31.6 Å². The van der Waals surface area contributed by atoms with Crippen LogP contribution in [0.25, 0.3) is 22.1 Å². The van der Waals surface area contributed by atoms with Crippen LogP contribution in [0.15, 0.2) is 76.3 Å². The summed E-state index contributed by atoms with van der Waals surface area (Å²) in [6, 6.07) is 15.7. The van der Waals surface area contributed by atoms with Gasteiger partial charge in [0.05, 0.1) is 36.6 Å². The molecule has 0 aliphatic carbocycles. The van der Waals surface area contributed by atoms with Gasteiger partial charge in [-0.3, -0.25) is 9.78 Å². The minimum Gasteiger partial charge on any atom is -0.496 e. The lowest BCUT2D eigenvalue weighted by Gasteiger charge is -2.17. The molecule has 0 amide bonds. The van der Waals surface area contributed by atoms with Crippen molar-refractivity contribution in [2.75, 3.05) is 7.11 Å². The van der Waals surface area contributed by atoms with E-state index in [9.17, 15) is 9.18 Å². The molecule has 0 fully saturated rings. The molecule has 2 aromatic carbocycles. The molecule has 0 unspecified atom stereocenters. The number of aryl methyl sites for hydroxylation is 2. The quantitative estimate of drug-likeness (QED) is 0.342. The van der Waals surface area contributed by atoms with Gasteiger partial charge in [0.2, 0.25) is 0 Å². The Morgan fingerprint density at radius 3 is 2.77 bits per heavy atom. The summed E-state index contributed by atoms with van der Waals surface area (Å²) in [6.07, 6.45) is 4.11. The van der Waals surface area contributed by atoms with Crippen LogP contribution in [-0.2, 0) is 19.4 Å². The Hall–Kier alpha value is -4.33. The highest BCUT2D eigenvalue weighted by molar-refractivity contribution is 5.78. The summed E-state index contributed by atoms with van der Waals surface area (Å²) >= 11 is 0. The molecule has 35 heavy (non-hydrogen) atoms. The number of fused-ring (bicyclic) bond motifs is 1. The van der Waals surface area contributed by atoms with E-state index in [1.165, 1.54) is 16.8 Å². The second-order valence-electron chi connectivity index (χ2n) is 8.23. The Labute approximate surface area is 200 Å². The van der Waals surface area contributed by atoms with E-state index in [4.69, 9.17) is 9.26 Å². The normalized spacial score (nSPS) is 11.2. The van der Waals surface area contributed by atoms with Crippen LogP contribution in [0.2, 0.25) is 0 Å². The third kappa shape index (κ3) is 4.42. The third-order valence-corrected chi connectivity index (χ3v) is 6.02. The molecule has 7 nitrogen and oxygen atoms in total. The molecule has 8 heteroatoms. The fourth-order valence-corrected chi connectivity index (χ4v) is 4.38. The number of pyridine rings is 1. The number of para-hydroxylation sites is 1. The Morgan fingerprint density at radius 2 is 1.94 bits per heavy atom. The number of halogens is 1. The number of benzene rings is 2. The van der Waals surface area contributed by atoms with Crippen molar-refractivity contribution in [2.45, 2.75) is 26.3 Å². The smallest absolute Gasteiger partial charge is 0.270 e. The number of hydrogen-bond acceptors (Lipinski definition) is 6. The molecular weight excluding hydrogens is 447 g/mol. The summed E-state index contributed by atoms with van der Waals surface area (Å²) in [6.45, 7) is 2.04. The highest BCUT2D eigenvalue weighted by atomic mass is 19.1. The van der Waals surface area contributed by atoms with Crippen molar-refractivity contribution < 1.29 is 13.7 Å². The van der Waals surface area contributed by atoms with Crippen molar-refractivity contribution in [3.8, 4) is 16.9 Å². The molecule has 3 aromatic heterocycles. The SMILES string of the molecule is COc1ccccc1-c1c(C)nn(Cc2nccc3oncc23)c(=O)c1CCc1cccc(F)c1. The van der Waals surface area contributed by atoms with Gasteiger partial charge in [-0.1, -0.05) is 35.5 Å². The van der Waals surface area contributed by atoms with Crippen molar-refractivity contribution in [3.05, 3.63) is 106 Å². The summed E-state index contributed by atoms with van der Waals surface area (Å²) in [5.41, 5.74) is 4.60. The van der Waals surface area contributed by atoms with Gasteiger partial charge in [-0.25, -0.2) is 9.07 Å². The van der Waals surface area contributed by atoms with Crippen LogP contribution in [0.5, 0.6) is 5.75 Å². The maximum atomic E-state index is 13.8. The first kappa shape index (κ1) is 22.5. The molecule has 5 aromatic rings. The minimum absolute atomic E-state index is 0.164. The lowest BCUT2D eigenvalue weighted by atomic mass is 9.94. The molecule has 3 heterocycles. The van der Waals surface area contributed by atoms with Gasteiger partial charge in [-0.05, 0) is 43.5 Å². The lowest BCUT2D eigenvalue weighted by molar-refractivity contribution is 0.416. The maximum Gasteiger partial charge on any atom is 0.270 e. The van der Waals surface area contributed by atoms with Gasteiger partial charge in [-0.15, -0.1) is 0 Å². The fraction of sp³-hybridized carbons (Fsp3) is 0.185. The zero-order valence-corrected chi connectivity index (χ0v) is 19.4. The molecule has 0 N–H and O–H groups in total. The number of rotatable bonds is 7. The summed E-state index contributed by atoms with van der Waals surface area (Å²) in [4.78, 5) is 18.2. The van der Waals surface area contributed by atoms with Crippen molar-refractivity contribution in [1.82, 2.24) is 19.9 Å². The number of aromatic nitrogens is 4. The zero-order valence-electron chi connectivity index (χ0n) is 19.4. The van der Waals surface area contributed by atoms with E-state index >= 15 is 0 Å². The minimum atomic E-state index is -0.302. The van der Waals surface area contributed by atoms with Gasteiger partial charge < -0.3 is 9.26 Å². The first-order valence-corrected chi connectivity index (χ1v) is 11.2. The number of nitrogens with zero attached hydrogens (tertiary/aromatic N) is 4. The van der Waals surface area contributed by atoms with Crippen LogP contribution < -0.4 is 10.3 Å². The van der Waals surface area contributed by atoms with E-state index in [0.29, 0.717) is 41.1 Å². The zero-order chi connectivity index (χ0) is 24.4. The molecule has 0 radical (unpaired) electrons. The molecule has 176 valence electrons. The standard InChI is InChI=1S/C27H23FN4O3/c1-17-26(20-8-3-4-9-24(20)34-2)21(11-10-18-6-5-7-19(28)14-18)27(33)32(31-17)16-23-22-15-30-35-25(22)12-13-29-23/h3-9,12-15H,10-11,16H2,1-2H3. The van der Waals surface area contributed by atoms with Crippen LogP contribution in [0.4, 0.5) is 4.39 Å². The van der Waals surface area contributed by atoms with E-state index in [2.05, 4.69) is 15.2 Å². The molecular formula is C27H23FN4O3. The number of ether oxygens (including phenoxy) is 1. The van der Waals surface area contributed by atoms with Gasteiger partial charge >= 0.3 is 0 Å². The Balaban J connectivity index is 1.63. The first-order chi connectivity index (χ1) is 17.0. The Bertz CT molecular complexity index is 1570. The molecule has 0 spiro atoms. The van der Waals surface area contributed by atoms with Crippen molar-refractivity contribution in [2.24, 2.45) is 0 Å². The predicted octanol–water partition coefficient (Wildman–Crippen LogP) is 4.74. The average Bonchev–Trinajstić information content (AvgIpc) is 3.35. The largest absolute Gasteiger partial charge is 0.496 e. The van der Waals surface area contributed by atoms with Gasteiger partial charge in [0.1, 0.15) is 11.6 Å². The summed E-state index contributed by atoms with van der Waals surface area (Å²) in [5.74, 6) is 0.348. The summed E-state index contributed by atoms with van der Waals surface area (Å²) < 4.78 is 26.0. The fourth-order valence-electron chi connectivity index (χ4n) is 4.38. The van der Waals surface area contributed by atoms with Crippen LogP contribution in [0.3, 0.4) is 0 Å². The van der Waals surface area contributed by atoms with E-state index in [0.717, 1.165) is 22.1 Å². The predicted molar refractivity (Wildman–Crippen MR) is 130 cm³/mol. The maximum absolute atomic E-state index is 13.8. The number of hydrogen-bond donors (Lipinski definition) is 0. The van der Waals surface area contributed by atoms with E-state index < -0.39 is 0 Å². The summed E-state index contributed by atoms with van der Waals surface area (Å²) in [5, 5.41) is 9.21. The van der Waals surface area contributed by atoms with Crippen LogP contribution >= 0.6 is 0 Å². The van der Waals surface area contributed by atoms with Crippen LogP contribution in [0.1, 0.15) is 22.5 Å². The Kier molecular flexibility index (Phi) is 6.10. The molecule has 0 saturated heterocycles. The molecule has 0 bridgehead atoms. The van der Waals surface area contributed by atoms with Crippen molar-refractivity contribution >= 4 is 11.0 Å². The van der Waals surface area contributed by atoms with Gasteiger partial charge in [0, 0.05) is 29.0 Å². The van der Waals surface area contributed by atoms with E-state index in [-0.39, 0.29) is 17.9 Å². The topological polar surface area (TPSA) is 83.0 Å². The molecule has 0 aliphatic heterocycles. The van der Waals surface area contributed by atoms with Crippen LogP contribution in [0, 0.1) is 12.7 Å². The summed E-state index contributed by atoms with van der Waals surface area (Å²) in [7, 11) is 1.60. The molecule has 0 atom stereocenters. The first-order valence-electron chi connectivity index (χ1n) is 11.2. The van der Waals surface area contributed by atoms with Gasteiger partial charge in [0.15, 0.2) is 5.58 Å². The van der Waals surface area contributed by atoms with Crippen molar-refractivity contribution in [3.63, 3.8) is 0 Å². The highest BCUT2D eigenvalue weighted by Crippen LogP contribution is 2.33. The second kappa shape index (κ2) is 9.50. The second-order valence-corrected chi connectivity index (χ2v) is 8.23. The van der Waals surface area contributed by atoms with Gasteiger partial charge in [0.25, 0.3) is 5.56 Å². The monoisotopic (exact) mass is 470 g/mol. The molecule has 5 rings (SSSR count). The van der Waals surface area contributed by atoms with Gasteiger partial charge in [-0.2, -0.15) is 5.10 Å². The Morgan fingerprint density at radius 1 is 1.09 bits per heavy atom. The average molecular weight is 471 g/mol.